The molecule has 0 radical (unpaired) electrons. The molecular formula is C14H17N5O3. The van der Waals surface area contributed by atoms with Crippen molar-refractivity contribution < 1.29 is 14.6 Å². The number of aliphatic hydroxyl groups excluding tert-OH is 1. The highest BCUT2D eigenvalue weighted by Gasteiger charge is 2.30. The van der Waals surface area contributed by atoms with Crippen molar-refractivity contribution in [2.24, 2.45) is 7.05 Å². The summed E-state index contributed by atoms with van der Waals surface area (Å²) < 4.78 is 7.11. The minimum Gasteiger partial charge on any atom is -0.491 e. The average Bonchev–Trinajstić information content (AvgIpc) is 2.82. The number of carbonyl (C=O) groups excluding carboxylic acids is 1. The monoisotopic (exact) mass is 303 g/mol. The lowest BCUT2D eigenvalue weighted by atomic mass is 9.99. The van der Waals surface area contributed by atoms with Gasteiger partial charge in [0, 0.05) is 12.6 Å². The lowest BCUT2D eigenvalue weighted by Gasteiger charge is -2.30. The topological polar surface area (TPSA) is 101 Å². The Labute approximate surface area is 127 Å². The molecule has 2 atom stereocenters. The van der Waals surface area contributed by atoms with Gasteiger partial charge >= 0.3 is 6.03 Å². The molecular weight excluding hydrogens is 286 g/mol. The molecule has 1 aliphatic heterocycles. The molecule has 2 heterocycles. The molecule has 8 nitrogen and oxygen atoms in total. The van der Waals surface area contributed by atoms with Crippen molar-refractivity contribution in [3.05, 3.63) is 35.5 Å². The first kappa shape index (κ1) is 14.3. The van der Waals surface area contributed by atoms with Crippen LogP contribution in [0.3, 0.4) is 0 Å². The van der Waals surface area contributed by atoms with Gasteiger partial charge in [0.05, 0.1) is 11.7 Å². The Hall–Kier alpha value is -2.61. The van der Waals surface area contributed by atoms with Crippen molar-refractivity contribution in [2.75, 3.05) is 11.9 Å². The number of aromatic nitrogens is 3. The number of carbonyl (C=O) groups is 1. The van der Waals surface area contributed by atoms with Gasteiger partial charge in [0.15, 0.2) is 5.82 Å². The molecule has 0 saturated carbocycles. The fourth-order valence-electron chi connectivity index (χ4n) is 2.30. The Bertz CT molecular complexity index is 700. The Morgan fingerprint density at radius 1 is 1.45 bits per heavy atom. The number of aliphatic hydroxyl groups is 1. The molecule has 0 aliphatic carbocycles. The van der Waals surface area contributed by atoms with Crippen molar-refractivity contribution in [3.63, 3.8) is 0 Å². The molecule has 2 amide bonds. The third-order valence-corrected chi connectivity index (χ3v) is 3.69. The summed E-state index contributed by atoms with van der Waals surface area (Å²) in [5, 5.41) is 23.3. The third-order valence-electron chi connectivity index (χ3n) is 3.69. The summed E-state index contributed by atoms with van der Waals surface area (Å²) in [6.07, 6.45) is -0.821. The van der Waals surface area contributed by atoms with E-state index < -0.39 is 18.2 Å². The molecule has 8 heteroatoms. The normalized spacial score (nSPS) is 20.0. The van der Waals surface area contributed by atoms with Gasteiger partial charge in [-0.3, -0.25) is 10.00 Å². The van der Waals surface area contributed by atoms with Crippen molar-refractivity contribution in [3.8, 4) is 5.75 Å². The van der Waals surface area contributed by atoms with Crippen LogP contribution in [0.2, 0.25) is 0 Å². The van der Waals surface area contributed by atoms with E-state index in [2.05, 4.69) is 20.9 Å². The number of amides is 2. The van der Waals surface area contributed by atoms with Crippen LogP contribution in [0.15, 0.2) is 24.3 Å². The zero-order valence-corrected chi connectivity index (χ0v) is 12.3. The van der Waals surface area contributed by atoms with Crippen LogP contribution >= 0.6 is 0 Å². The second kappa shape index (κ2) is 5.64. The summed E-state index contributed by atoms with van der Waals surface area (Å²) in [5.41, 5.74) is 1.40. The first-order valence-corrected chi connectivity index (χ1v) is 6.90. The fraction of sp³-hybridized carbons (Fsp3) is 0.357. The quantitative estimate of drug-likeness (QED) is 0.759. The number of fused-ring (bicyclic) bond motifs is 1. The van der Waals surface area contributed by atoms with E-state index in [1.54, 1.807) is 30.8 Å². The van der Waals surface area contributed by atoms with Crippen molar-refractivity contribution in [1.29, 1.82) is 0 Å². The van der Waals surface area contributed by atoms with Gasteiger partial charge < -0.3 is 15.2 Å². The van der Waals surface area contributed by atoms with E-state index >= 15 is 0 Å². The maximum atomic E-state index is 12.0. The number of rotatable bonds is 2. The Morgan fingerprint density at radius 2 is 2.23 bits per heavy atom. The van der Waals surface area contributed by atoms with Crippen LogP contribution in [0.5, 0.6) is 5.75 Å². The molecule has 0 saturated heterocycles. The van der Waals surface area contributed by atoms with Gasteiger partial charge in [-0.2, -0.15) is 0 Å². The number of benzene rings is 1. The van der Waals surface area contributed by atoms with E-state index in [1.165, 1.54) is 0 Å². The molecule has 0 bridgehead atoms. The lowest BCUT2D eigenvalue weighted by molar-refractivity contribution is 0.0786. The zero-order chi connectivity index (χ0) is 15.7. The van der Waals surface area contributed by atoms with Gasteiger partial charge in [-0.1, -0.05) is 23.4 Å². The summed E-state index contributed by atoms with van der Waals surface area (Å²) in [5.74, 6) is 1.02. The number of anilines is 1. The van der Waals surface area contributed by atoms with Crippen molar-refractivity contribution >= 4 is 11.8 Å². The van der Waals surface area contributed by atoms with Gasteiger partial charge in [-0.15, -0.1) is 5.10 Å². The van der Waals surface area contributed by atoms with E-state index in [1.807, 2.05) is 12.1 Å². The molecule has 1 aromatic carbocycles. The minimum absolute atomic E-state index is 0.199. The Balaban J connectivity index is 1.66. The predicted octanol–water partition coefficient (Wildman–Crippen LogP) is 0.740. The first-order chi connectivity index (χ1) is 10.6. The van der Waals surface area contributed by atoms with Crippen LogP contribution in [-0.2, 0) is 7.05 Å². The Morgan fingerprint density at radius 3 is 2.95 bits per heavy atom. The molecule has 0 fully saturated rings. The van der Waals surface area contributed by atoms with Gasteiger partial charge in [0.1, 0.15) is 18.5 Å². The van der Waals surface area contributed by atoms with Gasteiger partial charge in [-0.05, 0) is 13.0 Å². The molecule has 0 spiro atoms. The maximum absolute atomic E-state index is 12.0. The SMILES string of the molecule is Cc1c(NC(=O)NC2COc3ccccc3C2O)nnn1C. The first-order valence-electron chi connectivity index (χ1n) is 6.90. The number of hydrogen-bond donors (Lipinski definition) is 3. The van der Waals surface area contributed by atoms with E-state index in [4.69, 9.17) is 4.74 Å². The van der Waals surface area contributed by atoms with Crippen molar-refractivity contribution in [2.45, 2.75) is 19.1 Å². The highest BCUT2D eigenvalue weighted by molar-refractivity contribution is 5.88. The summed E-state index contributed by atoms with van der Waals surface area (Å²) in [6, 6.07) is 6.22. The second-order valence-electron chi connectivity index (χ2n) is 5.15. The lowest BCUT2D eigenvalue weighted by Crippen LogP contribution is -2.47. The molecule has 1 aliphatic rings. The highest BCUT2D eigenvalue weighted by atomic mass is 16.5. The molecule has 22 heavy (non-hydrogen) atoms. The summed E-state index contributed by atoms with van der Waals surface area (Å²) in [6.45, 7) is 2.00. The molecule has 1 aromatic heterocycles. The van der Waals surface area contributed by atoms with Gasteiger partial charge in [0.25, 0.3) is 0 Å². The van der Waals surface area contributed by atoms with Crippen molar-refractivity contribution in [1.82, 2.24) is 20.3 Å². The Kier molecular flexibility index (Phi) is 3.68. The van der Waals surface area contributed by atoms with Crippen LogP contribution in [0, 0.1) is 6.92 Å². The van der Waals surface area contributed by atoms with E-state index in [9.17, 15) is 9.90 Å². The highest BCUT2D eigenvalue weighted by Crippen LogP contribution is 2.31. The number of urea groups is 1. The van der Waals surface area contributed by atoms with Crippen LogP contribution in [0.4, 0.5) is 10.6 Å². The summed E-state index contributed by atoms with van der Waals surface area (Å²) in [4.78, 5) is 12.0. The zero-order valence-electron chi connectivity index (χ0n) is 12.3. The fourth-order valence-corrected chi connectivity index (χ4v) is 2.30. The van der Waals surface area contributed by atoms with Gasteiger partial charge in [-0.25, -0.2) is 4.79 Å². The number of hydrogen-bond acceptors (Lipinski definition) is 5. The second-order valence-corrected chi connectivity index (χ2v) is 5.15. The van der Waals surface area contributed by atoms with Crippen LogP contribution in [0.1, 0.15) is 17.4 Å². The van der Waals surface area contributed by atoms with E-state index in [0.29, 0.717) is 17.1 Å². The van der Waals surface area contributed by atoms with E-state index in [-0.39, 0.29) is 6.61 Å². The minimum atomic E-state index is -0.821. The number of aryl methyl sites for hydroxylation is 1. The molecule has 3 N–H and O–H groups in total. The maximum Gasteiger partial charge on any atom is 0.320 e. The van der Waals surface area contributed by atoms with Crippen LogP contribution in [0.25, 0.3) is 0 Å². The summed E-state index contributed by atoms with van der Waals surface area (Å²) in [7, 11) is 1.74. The third kappa shape index (κ3) is 2.60. The number of nitrogens with one attached hydrogen (secondary N) is 2. The predicted molar refractivity (Wildman–Crippen MR) is 78.6 cm³/mol. The average molecular weight is 303 g/mol. The number of nitrogens with zero attached hydrogens (tertiary/aromatic N) is 3. The van der Waals surface area contributed by atoms with Gasteiger partial charge in [0.2, 0.25) is 0 Å². The van der Waals surface area contributed by atoms with E-state index in [0.717, 1.165) is 5.69 Å². The van der Waals surface area contributed by atoms with Crippen LogP contribution in [-0.4, -0.2) is 38.8 Å². The smallest absolute Gasteiger partial charge is 0.320 e. The molecule has 2 aromatic rings. The summed E-state index contributed by atoms with van der Waals surface area (Å²) >= 11 is 0. The number of para-hydroxylation sites is 1. The number of ether oxygens (including phenoxy) is 1. The molecule has 3 rings (SSSR count). The largest absolute Gasteiger partial charge is 0.491 e. The molecule has 116 valence electrons. The molecule has 2 unspecified atom stereocenters. The van der Waals surface area contributed by atoms with Crippen LogP contribution < -0.4 is 15.4 Å². The standard InChI is InChI=1S/C14H17N5O3/c1-8-13(17-18-19(8)2)16-14(21)15-10-7-22-11-6-4-3-5-9(11)12(10)20/h3-6,10,12,20H,7H2,1-2H3,(H2,15,16,21).